The smallest absolute Gasteiger partial charge is 0.288 e. The Hall–Kier alpha value is -3.20. The number of carbonyl (C=O) groups excluding carboxylic acids is 2. The highest BCUT2D eigenvalue weighted by Crippen LogP contribution is 2.25. The van der Waals surface area contributed by atoms with Crippen LogP contribution in [0.4, 0.5) is 4.39 Å². The van der Waals surface area contributed by atoms with Gasteiger partial charge in [0.25, 0.3) is 11.8 Å². The van der Waals surface area contributed by atoms with E-state index >= 15 is 0 Å². The standard InChI is InChI=1S/C18H17FN4O4/c19-12-4-2-11(3-5-12)8-20-17(26)13-9-21-10-22-6-1-7-23(22)18(27)14(21)16(25)15(13)24/h2-5,9,25H,1,6-8,10H2,(H,20,26). The SMILES string of the molecule is O=C(NCc1ccc(F)cc1)c1cn2c(c(O)c1=O)C(=O)N1CCCN1C2. The molecule has 9 heteroatoms. The maximum Gasteiger partial charge on any atom is 0.288 e. The monoisotopic (exact) mass is 372 g/mol. The fourth-order valence-electron chi connectivity index (χ4n) is 3.37. The molecule has 27 heavy (non-hydrogen) atoms. The maximum atomic E-state index is 12.9. The molecular formula is C18H17FN4O4. The quantitative estimate of drug-likeness (QED) is 0.825. The van der Waals surface area contributed by atoms with E-state index in [2.05, 4.69) is 5.32 Å². The highest BCUT2D eigenvalue weighted by atomic mass is 19.1. The summed E-state index contributed by atoms with van der Waals surface area (Å²) in [7, 11) is 0. The maximum absolute atomic E-state index is 12.9. The van der Waals surface area contributed by atoms with Gasteiger partial charge >= 0.3 is 0 Å². The van der Waals surface area contributed by atoms with E-state index < -0.39 is 23.0 Å². The number of rotatable bonds is 3. The van der Waals surface area contributed by atoms with Gasteiger partial charge < -0.3 is 15.0 Å². The number of nitrogens with one attached hydrogen (secondary N) is 1. The van der Waals surface area contributed by atoms with E-state index in [0.717, 1.165) is 6.42 Å². The minimum absolute atomic E-state index is 0.0971. The molecule has 2 N–H and O–H groups in total. The highest BCUT2D eigenvalue weighted by molar-refractivity contribution is 5.98. The van der Waals surface area contributed by atoms with Crippen LogP contribution in [0.2, 0.25) is 0 Å². The fourth-order valence-corrected chi connectivity index (χ4v) is 3.37. The van der Waals surface area contributed by atoms with Crippen LogP contribution in [-0.2, 0) is 13.2 Å². The number of pyridine rings is 1. The summed E-state index contributed by atoms with van der Waals surface area (Å²) in [5.74, 6) is -2.23. The molecule has 140 valence electrons. The van der Waals surface area contributed by atoms with Crippen LogP contribution in [0, 0.1) is 5.82 Å². The Bertz CT molecular complexity index is 986. The molecule has 1 saturated heterocycles. The molecule has 8 nitrogen and oxygen atoms in total. The van der Waals surface area contributed by atoms with Crippen molar-refractivity contribution in [2.24, 2.45) is 0 Å². The Morgan fingerprint density at radius 2 is 1.93 bits per heavy atom. The number of hydrogen-bond donors (Lipinski definition) is 2. The molecule has 1 aromatic carbocycles. The molecule has 0 bridgehead atoms. The summed E-state index contributed by atoms with van der Waals surface area (Å²) in [6.07, 6.45) is 2.10. The zero-order chi connectivity index (χ0) is 19.1. The molecule has 2 aliphatic heterocycles. The van der Waals surface area contributed by atoms with E-state index in [1.807, 2.05) is 0 Å². The molecule has 0 aliphatic carbocycles. The first-order valence-corrected chi connectivity index (χ1v) is 8.51. The van der Waals surface area contributed by atoms with E-state index in [1.54, 1.807) is 5.01 Å². The lowest BCUT2D eigenvalue weighted by Gasteiger charge is -2.35. The van der Waals surface area contributed by atoms with E-state index in [4.69, 9.17) is 0 Å². The molecule has 4 rings (SSSR count). The van der Waals surface area contributed by atoms with Gasteiger partial charge in [0, 0.05) is 25.8 Å². The summed E-state index contributed by atoms with van der Waals surface area (Å²) in [6.45, 7) is 1.59. The number of hydrogen-bond acceptors (Lipinski definition) is 5. The van der Waals surface area contributed by atoms with Crippen molar-refractivity contribution >= 4 is 11.8 Å². The van der Waals surface area contributed by atoms with Crippen LogP contribution in [-0.4, -0.2) is 44.6 Å². The van der Waals surface area contributed by atoms with Crippen molar-refractivity contribution in [3.63, 3.8) is 0 Å². The number of carbonyl (C=O) groups is 2. The minimum Gasteiger partial charge on any atom is -0.503 e. The molecule has 2 amide bonds. The van der Waals surface area contributed by atoms with Gasteiger partial charge in [0.2, 0.25) is 5.43 Å². The Morgan fingerprint density at radius 3 is 2.67 bits per heavy atom. The fraction of sp³-hybridized carbons (Fsp3) is 0.278. The average molecular weight is 372 g/mol. The first-order valence-electron chi connectivity index (χ1n) is 8.51. The van der Waals surface area contributed by atoms with Crippen molar-refractivity contribution in [1.82, 2.24) is 19.9 Å². The largest absolute Gasteiger partial charge is 0.503 e. The van der Waals surface area contributed by atoms with Crippen molar-refractivity contribution < 1.29 is 19.1 Å². The van der Waals surface area contributed by atoms with Crippen LogP contribution in [0.25, 0.3) is 0 Å². The Labute approximate surface area is 153 Å². The Balaban J connectivity index is 1.61. The van der Waals surface area contributed by atoms with Crippen molar-refractivity contribution in [3.8, 4) is 5.75 Å². The van der Waals surface area contributed by atoms with Crippen molar-refractivity contribution in [2.45, 2.75) is 19.6 Å². The van der Waals surface area contributed by atoms with Crippen LogP contribution in [0.15, 0.2) is 35.3 Å². The predicted octanol–water partition coefficient (Wildman–Crippen LogP) is 0.657. The van der Waals surface area contributed by atoms with Gasteiger partial charge in [0.15, 0.2) is 11.4 Å². The van der Waals surface area contributed by atoms with Gasteiger partial charge in [-0.15, -0.1) is 0 Å². The highest BCUT2D eigenvalue weighted by Gasteiger charge is 2.37. The lowest BCUT2D eigenvalue weighted by Crippen LogP contribution is -2.49. The van der Waals surface area contributed by atoms with Gasteiger partial charge in [0.05, 0.1) is 6.67 Å². The molecular weight excluding hydrogens is 355 g/mol. The van der Waals surface area contributed by atoms with Gasteiger partial charge in [-0.2, -0.15) is 5.01 Å². The van der Waals surface area contributed by atoms with E-state index in [9.17, 15) is 23.9 Å². The second-order valence-electron chi connectivity index (χ2n) is 6.50. The number of halogens is 1. The number of aromatic hydroxyl groups is 1. The van der Waals surface area contributed by atoms with Crippen molar-refractivity contribution in [2.75, 3.05) is 13.1 Å². The lowest BCUT2D eigenvalue weighted by molar-refractivity contribution is -0.0102. The van der Waals surface area contributed by atoms with Crippen LogP contribution < -0.4 is 10.7 Å². The number of fused-ring (bicyclic) bond motifs is 2. The van der Waals surface area contributed by atoms with Gasteiger partial charge in [-0.1, -0.05) is 12.1 Å². The molecule has 0 atom stereocenters. The molecule has 1 aromatic heterocycles. The van der Waals surface area contributed by atoms with Crippen LogP contribution in [0.5, 0.6) is 5.75 Å². The van der Waals surface area contributed by atoms with E-state index in [0.29, 0.717) is 18.7 Å². The molecule has 3 heterocycles. The van der Waals surface area contributed by atoms with Gasteiger partial charge in [-0.3, -0.25) is 19.4 Å². The predicted molar refractivity (Wildman–Crippen MR) is 92.3 cm³/mol. The first kappa shape index (κ1) is 17.2. The molecule has 2 aromatic rings. The topological polar surface area (TPSA) is 94.9 Å². The summed E-state index contributed by atoms with van der Waals surface area (Å²) in [4.78, 5) is 37.4. The third kappa shape index (κ3) is 2.95. The minimum atomic E-state index is -0.890. The molecule has 2 aliphatic rings. The number of hydrazine groups is 1. The molecule has 0 unspecified atom stereocenters. The summed E-state index contributed by atoms with van der Waals surface area (Å²) < 4.78 is 14.4. The summed E-state index contributed by atoms with van der Waals surface area (Å²) >= 11 is 0. The van der Waals surface area contributed by atoms with Crippen LogP contribution in [0.1, 0.15) is 32.8 Å². The summed E-state index contributed by atoms with van der Waals surface area (Å²) in [5, 5.41) is 16.1. The number of amides is 2. The van der Waals surface area contributed by atoms with Crippen LogP contribution in [0.3, 0.4) is 0 Å². The number of aromatic nitrogens is 1. The molecule has 0 saturated carbocycles. The zero-order valence-corrected chi connectivity index (χ0v) is 14.3. The van der Waals surface area contributed by atoms with E-state index in [1.165, 1.54) is 40.0 Å². The summed E-state index contributed by atoms with van der Waals surface area (Å²) in [6, 6.07) is 5.59. The lowest BCUT2D eigenvalue weighted by atomic mass is 10.1. The molecule has 1 fully saturated rings. The van der Waals surface area contributed by atoms with Gasteiger partial charge in [0.1, 0.15) is 11.4 Å². The van der Waals surface area contributed by atoms with E-state index in [-0.39, 0.29) is 30.3 Å². The first-order chi connectivity index (χ1) is 13.0. The Morgan fingerprint density at radius 1 is 1.19 bits per heavy atom. The van der Waals surface area contributed by atoms with Crippen LogP contribution >= 0.6 is 0 Å². The molecule has 0 radical (unpaired) electrons. The normalized spacial score (nSPS) is 16.2. The second-order valence-corrected chi connectivity index (χ2v) is 6.50. The van der Waals surface area contributed by atoms with Gasteiger partial charge in [-0.05, 0) is 24.1 Å². The summed E-state index contributed by atoms with van der Waals surface area (Å²) in [5.41, 5.74) is -0.583. The van der Waals surface area contributed by atoms with Crippen molar-refractivity contribution in [3.05, 3.63) is 63.3 Å². The Kier molecular flexibility index (Phi) is 4.15. The third-order valence-corrected chi connectivity index (χ3v) is 4.75. The molecule has 0 spiro atoms. The third-order valence-electron chi connectivity index (χ3n) is 4.75. The number of nitrogens with zero attached hydrogens (tertiary/aromatic N) is 3. The van der Waals surface area contributed by atoms with Crippen molar-refractivity contribution in [1.29, 1.82) is 0 Å². The van der Waals surface area contributed by atoms with Gasteiger partial charge in [-0.25, -0.2) is 4.39 Å². The average Bonchev–Trinajstić information content (AvgIpc) is 3.12. The number of benzene rings is 1. The second kappa shape index (κ2) is 6.51. The zero-order valence-electron chi connectivity index (χ0n) is 14.3.